The lowest BCUT2D eigenvalue weighted by molar-refractivity contribution is -0.156. The minimum absolute atomic E-state index is 0.00117. The molecule has 2 aliphatic heterocycles. The van der Waals surface area contributed by atoms with Gasteiger partial charge in [0.05, 0.1) is 0 Å². The molecule has 2 heterocycles. The monoisotopic (exact) mass is 421 g/mol. The molecule has 158 valence electrons. The van der Waals surface area contributed by atoms with Gasteiger partial charge in [-0.05, 0) is 52.7 Å². The molecule has 1 saturated heterocycles. The van der Waals surface area contributed by atoms with E-state index in [0.717, 1.165) is 0 Å². The highest BCUT2D eigenvalue weighted by atomic mass is 32.2. The van der Waals surface area contributed by atoms with Crippen LogP contribution in [0.5, 0.6) is 0 Å². The lowest BCUT2D eigenvalue weighted by Crippen LogP contribution is -2.46. The van der Waals surface area contributed by atoms with Gasteiger partial charge in [0.15, 0.2) is 12.4 Å². The second kappa shape index (κ2) is 8.14. The number of nitrogens with zero attached hydrogens (tertiary/aromatic N) is 3. The molecule has 3 rings (SSSR count). The van der Waals surface area contributed by atoms with Crippen LogP contribution in [-0.2, 0) is 24.3 Å². The van der Waals surface area contributed by atoms with Crippen LogP contribution in [0, 0.1) is 0 Å². The van der Waals surface area contributed by atoms with Crippen LogP contribution < -0.4 is 0 Å². The molecule has 0 saturated carbocycles. The average molecular weight is 422 g/mol. The Morgan fingerprint density at radius 1 is 1.21 bits per heavy atom. The molecule has 1 aromatic rings. The maximum absolute atomic E-state index is 12.7. The van der Waals surface area contributed by atoms with Crippen LogP contribution in [0.15, 0.2) is 33.6 Å². The van der Waals surface area contributed by atoms with Crippen LogP contribution >= 0.6 is 0 Å². The van der Waals surface area contributed by atoms with E-state index >= 15 is 0 Å². The minimum Gasteiger partial charge on any atom is -0.454 e. The first-order valence-electron chi connectivity index (χ1n) is 9.82. The van der Waals surface area contributed by atoms with Gasteiger partial charge in [0.25, 0.3) is 15.9 Å². The van der Waals surface area contributed by atoms with Crippen LogP contribution in [0.4, 0.5) is 0 Å². The van der Waals surface area contributed by atoms with Crippen LogP contribution in [0.25, 0.3) is 0 Å². The summed E-state index contributed by atoms with van der Waals surface area (Å²) in [5, 5.41) is 0. The predicted molar refractivity (Wildman–Crippen MR) is 108 cm³/mol. The minimum atomic E-state index is -3.76. The van der Waals surface area contributed by atoms with Crippen molar-refractivity contribution in [2.75, 3.05) is 13.2 Å². The molecule has 1 amide bonds. The second-order valence-corrected chi connectivity index (χ2v) is 9.41. The van der Waals surface area contributed by atoms with Crippen molar-refractivity contribution in [3.05, 3.63) is 29.8 Å². The smallest absolute Gasteiger partial charge is 0.329 e. The van der Waals surface area contributed by atoms with Crippen molar-refractivity contribution in [3.63, 3.8) is 0 Å². The molecule has 9 heteroatoms. The van der Waals surface area contributed by atoms with Crippen molar-refractivity contribution < 1.29 is 22.7 Å². The molecule has 0 unspecified atom stereocenters. The van der Waals surface area contributed by atoms with Crippen LogP contribution in [-0.4, -0.2) is 67.2 Å². The van der Waals surface area contributed by atoms with E-state index in [1.165, 1.54) is 6.07 Å². The fourth-order valence-corrected chi connectivity index (χ4v) is 5.25. The van der Waals surface area contributed by atoms with E-state index in [-0.39, 0.29) is 35.3 Å². The Morgan fingerprint density at radius 2 is 1.86 bits per heavy atom. The molecular weight excluding hydrogens is 394 g/mol. The van der Waals surface area contributed by atoms with Gasteiger partial charge in [0, 0.05) is 24.2 Å². The zero-order valence-corrected chi connectivity index (χ0v) is 18.0. The third-order valence-electron chi connectivity index (χ3n) is 5.15. The summed E-state index contributed by atoms with van der Waals surface area (Å²) < 4.78 is 33.9. The Bertz CT molecular complexity index is 931. The number of likely N-dealkylation sites (tertiary alicyclic amines) is 1. The molecule has 0 N–H and O–H groups in total. The summed E-state index contributed by atoms with van der Waals surface area (Å²) in [6, 6.07) is 5.92. The molecule has 29 heavy (non-hydrogen) atoms. The highest BCUT2D eigenvalue weighted by Gasteiger charge is 2.40. The summed E-state index contributed by atoms with van der Waals surface area (Å²) >= 11 is 0. The Kier molecular flexibility index (Phi) is 5.97. The van der Waals surface area contributed by atoms with Gasteiger partial charge in [0.1, 0.15) is 10.9 Å². The van der Waals surface area contributed by atoms with E-state index in [0.29, 0.717) is 24.9 Å². The molecule has 0 aromatic heterocycles. The lowest BCUT2D eigenvalue weighted by Gasteiger charge is -2.31. The van der Waals surface area contributed by atoms with E-state index in [4.69, 9.17) is 4.74 Å². The van der Waals surface area contributed by atoms with Gasteiger partial charge < -0.3 is 14.5 Å². The van der Waals surface area contributed by atoms with Crippen LogP contribution in [0.2, 0.25) is 0 Å². The first-order valence-corrected chi connectivity index (χ1v) is 11.3. The SMILES string of the molecule is CC(C)N(C(=O)COC(=O)[C@@H]1CCCN1C1=NS(=O)(=O)c2ccccc21)C(C)C. The van der Waals surface area contributed by atoms with E-state index in [9.17, 15) is 18.0 Å². The maximum atomic E-state index is 12.7. The van der Waals surface area contributed by atoms with Gasteiger partial charge >= 0.3 is 5.97 Å². The number of benzene rings is 1. The van der Waals surface area contributed by atoms with Gasteiger partial charge in [-0.2, -0.15) is 8.42 Å². The van der Waals surface area contributed by atoms with Crippen molar-refractivity contribution in [1.29, 1.82) is 0 Å². The van der Waals surface area contributed by atoms with Crippen molar-refractivity contribution in [2.45, 2.75) is 63.6 Å². The molecule has 0 radical (unpaired) electrons. The number of ether oxygens (including phenoxy) is 1. The highest BCUT2D eigenvalue weighted by Crippen LogP contribution is 2.31. The number of carbonyl (C=O) groups excluding carboxylic acids is 2. The van der Waals surface area contributed by atoms with Gasteiger partial charge in [0.2, 0.25) is 0 Å². The molecule has 0 aliphatic carbocycles. The standard InChI is InChI=1S/C20H27N3O5S/c1-13(2)23(14(3)4)18(24)12-28-20(25)16-9-7-11-22(16)19-15-8-5-6-10-17(15)29(26,27)21-19/h5-6,8,10,13-14,16H,7,9,11-12H2,1-4H3/t16-/m0/s1. The van der Waals surface area contributed by atoms with Crippen molar-refractivity contribution in [1.82, 2.24) is 9.80 Å². The first-order chi connectivity index (χ1) is 13.6. The van der Waals surface area contributed by atoms with Crippen LogP contribution in [0.3, 0.4) is 0 Å². The van der Waals surface area contributed by atoms with E-state index in [2.05, 4.69) is 4.40 Å². The summed E-state index contributed by atoms with van der Waals surface area (Å²) in [7, 11) is -3.76. The van der Waals surface area contributed by atoms with Crippen molar-refractivity contribution in [3.8, 4) is 0 Å². The third kappa shape index (κ3) is 4.14. The van der Waals surface area contributed by atoms with E-state index in [1.54, 1.807) is 28.0 Å². The van der Waals surface area contributed by atoms with Crippen molar-refractivity contribution in [2.24, 2.45) is 4.40 Å². The molecule has 8 nitrogen and oxygen atoms in total. The largest absolute Gasteiger partial charge is 0.454 e. The number of fused-ring (bicyclic) bond motifs is 1. The summed E-state index contributed by atoms with van der Waals surface area (Å²) in [4.78, 5) is 28.7. The maximum Gasteiger partial charge on any atom is 0.329 e. The molecule has 2 aliphatic rings. The number of rotatable bonds is 5. The molecule has 0 bridgehead atoms. The quantitative estimate of drug-likeness (QED) is 0.673. The Balaban J connectivity index is 1.73. The van der Waals surface area contributed by atoms with Gasteiger partial charge in [-0.15, -0.1) is 4.40 Å². The summed E-state index contributed by atoms with van der Waals surface area (Å²) in [5.41, 5.74) is 0.495. The number of sulfonamides is 1. The lowest BCUT2D eigenvalue weighted by atomic mass is 10.1. The first kappa shape index (κ1) is 21.3. The topological polar surface area (TPSA) is 96.3 Å². The molecule has 1 fully saturated rings. The second-order valence-electron chi connectivity index (χ2n) is 7.83. The normalized spacial score (nSPS) is 20.0. The Morgan fingerprint density at radius 3 is 2.52 bits per heavy atom. The predicted octanol–water partition coefficient (Wildman–Crippen LogP) is 1.79. The third-order valence-corrected chi connectivity index (χ3v) is 6.47. The van der Waals surface area contributed by atoms with Crippen LogP contribution in [0.1, 0.15) is 46.1 Å². The van der Waals surface area contributed by atoms with Gasteiger partial charge in [-0.1, -0.05) is 12.1 Å². The van der Waals surface area contributed by atoms with Crippen molar-refractivity contribution >= 4 is 27.7 Å². The Hall–Kier alpha value is -2.42. The average Bonchev–Trinajstić information content (AvgIpc) is 3.22. The fraction of sp³-hybridized carbons (Fsp3) is 0.550. The number of hydrogen-bond donors (Lipinski definition) is 0. The number of esters is 1. The molecule has 1 aromatic carbocycles. The number of carbonyl (C=O) groups is 2. The molecule has 1 atom stereocenters. The van der Waals surface area contributed by atoms with Gasteiger partial charge in [-0.3, -0.25) is 4.79 Å². The molecule has 0 spiro atoms. The van der Waals surface area contributed by atoms with E-state index in [1.807, 2.05) is 27.7 Å². The zero-order valence-electron chi connectivity index (χ0n) is 17.2. The van der Waals surface area contributed by atoms with Gasteiger partial charge in [-0.25, -0.2) is 4.79 Å². The number of amides is 1. The number of hydrogen-bond acceptors (Lipinski definition) is 6. The zero-order chi connectivity index (χ0) is 21.3. The Labute approximate surface area is 171 Å². The highest BCUT2D eigenvalue weighted by molar-refractivity contribution is 7.90. The summed E-state index contributed by atoms with van der Waals surface area (Å²) in [6.07, 6.45) is 1.23. The molecular formula is C20H27N3O5S. The van der Waals surface area contributed by atoms with E-state index < -0.39 is 22.0 Å². The summed E-state index contributed by atoms with van der Waals surface area (Å²) in [6.45, 7) is 7.81. The number of amidine groups is 1. The summed E-state index contributed by atoms with van der Waals surface area (Å²) in [5.74, 6) is -0.510. The fourth-order valence-electron chi connectivity index (χ4n) is 4.04.